The Kier molecular flexibility index (Phi) is 6.46. The molecule has 0 radical (unpaired) electrons. The summed E-state index contributed by atoms with van der Waals surface area (Å²) in [6.45, 7) is 7.26. The summed E-state index contributed by atoms with van der Waals surface area (Å²) in [5.41, 5.74) is 7.46. The number of hydrogen-bond donors (Lipinski definition) is 2. The molecule has 0 bridgehead atoms. The van der Waals surface area contributed by atoms with E-state index in [4.69, 9.17) is 0 Å². The minimum Gasteiger partial charge on any atom is -0.374 e. The van der Waals surface area contributed by atoms with Gasteiger partial charge in [0.05, 0.1) is 6.04 Å². The number of amides is 2. The van der Waals surface area contributed by atoms with Crippen LogP contribution in [-0.4, -0.2) is 50.9 Å². The van der Waals surface area contributed by atoms with Gasteiger partial charge in [-0.2, -0.15) is 0 Å². The molecule has 6 heteroatoms. The van der Waals surface area contributed by atoms with E-state index in [0.29, 0.717) is 12.2 Å². The molecule has 2 aromatic carbocycles. The van der Waals surface area contributed by atoms with Crippen molar-refractivity contribution in [3.8, 4) is 0 Å². The van der Waals surface area contributed by atoms with Crippen molar-refractivity contribution >= 4 is 23.2 Å². The van der Waals surface area contributed by atoms with Gasteiger partial charge in [0, 0.05) is 31.5 Å². The number of anilines is 2. The number of likely N-dealkylation sites (N-methyl/N-ethyl adjacent to an activating group) is 2. The molecule has 0 spiro atoms. The maximum absolute atomic E-state index is 12.5. The Balaban J connectivity index is 1.66. The lowest BCUT2D eigenvalue weighted by atomic mass is 10.0. The SMILES string of the molecule is Cc1cc(C)c(NC(=O)C(=O)NCC(c2ccc3c(c2)CCN3C)N(C)C)c(C)c1. The fourth-order valence-electron chi connectivity index (χ4n) is 4.21. The molecule has 3 rings (SSSR count). The summed E-state index contributed by atoms with van der Waals surface area (Å²) in [6, 6.07) is 10.4. The van der Waals surface area contributed by atoms with Crippen molar-refractivity contribution in [3.63, 3.8) is 0 Å². The van der Waals surface area contributed by atoms with Gasteiger partial charge in [-0.15, -0.1) is 0 Å². The molecule has 0 fully saturated rings. The number of hydrogen-bond acceptors (Lipinski definition) is 4. The van der Waals surface area contributed by atoms with E-state index >= 15 is 0 Å². The number of carbonyl (C=O) groups excluding carboxylic acids is 2. The topological polar surface area (TPSA) is 64.7 Å². The van der Waals surface area contributed by atoms with Gasteiger partial charge in [0.1, 0.15) is 0 Å². The van der Waals surface area contributed by atoms with Crippen molar-refractivity contribution in [1.82, 2.24) is 10.2 Å². The van der Waals surface area contributed by atoms with Crippen molar-refractivity contribution in [2.75, 3.05) is 44.4 Å². The molecular formula is C24H32N4O2. The van der Waals surface area contributed by atoms with Crippen LogP contribution < -0.4 is 15.5 Å². The molecule has 30 heavy (non-hydrogen) atoms. The summed E-state index contributed by atoms with van der Waals surface area (Å²) in [5, 5.41) is 5.57. The van der Waals surface area contributed by atoms with E-state index in [1.807, 2.05) is 47.0 Å². The molecule has 1 atom stereocenters. The Hall–Kier alpha value is -2.86. The largest absolute Gasteiger partial charge is 0.374 e. The van der Waals surface area contributed by atoms with E-state index in [1.165, 1.54) is 11.3 Å². The zero-order valence-corrected chi connectivity index (χ0v) is 18.8. The lowest BCUT2D eigenvalue weighted by molar-refractivity contribution is -0.136. The molecular weight excluding hydrogens is 376 g/mol. The van der Waals surface area contributed by atoms with Gasteiger partial charge in [-0.3, -0.25) is 9.59 Å². The molecule has 6 nitrogen and oxygen atoms in total. The highest BCUT2D eigenvalue weighted by Crippen LogP contribution is 2.30. The summed E-state index contributed by atoms with van der Waals surface area (Å²) in [5.74, 6) is -1.26. The first-order valence-corrected chi connectivity index (χ1v) is 10.3. The van der Waals surface area contributed by atoms with Gasteiger partial charge in [-0.1, -0.05) is 29.8 Å². The second kappa shape index (κ2) is 8.88. The van der Waals surface area contributed by atoms with E-state index < -0.39 is 11.8 Å². The molecule has 0 aromatic heterocycles. The summed E-state index contributed by atoms with van der Waals surface area (Å²) in [6.07, 6.45) is 1.03. The summed E-state index contributed by atoms with van der Waals surface area (Å²) in [7, 11) is 6.07. The molecule has 2 amide bonds. The van der Waals surface area contributed by atoms with Gasteiger partial charge in [-0.25, -0.2) is 0 Å². The minimum absolute atomic E-state index is 0.0131. The molecule has 1 aliphatic rings. The van der Waals surface area contributed by atoms with Crippen molar-refractivity contribution in [3.05, 3.63) is 58.1 Å². The van der Waals surface area contributed by atoms with Crippen LogP contribution in [0.4, 0.5) is 11.4 Å². The third kappa shape index (κ3) is 4.65. The Morgan fingerprint density at radius 3 is 2.37 bits per heavy atom. The Morgan fingerprint density at radius 2 is 1.73 bits per heavy atom. The monoisotopic (exact) mass is 408 g/mol. The minimum atomic E-state index is -0.641. The normalized spacial score (nSPS) is 13.9. The molecule has 0 saturated heterocycles. The molecule has 0 aliphatic carbocycles. The Labute approximate surface area is 179 Å². The molecule has 1 aliphatic heterocycles. The lowest BCUT2D eigenvalue weighted by Crippen LogP contribution is -2.40. The first-order chi connectivity index (χ1) is 14.2. The fourth-order valence-corrected chi connectivity index (χ4v) is 4.21. The third-order valence-electron chi connectivity index (χ3n) is 5.82. The lowest BCUT2D eigenvalue weighted by Gasteiger charge is -2.26. The number of nitrogens with one attached hydrogen (secondary N) is 2. The third-order valence-corrected chi connectivity index (χ3v) is 5.82. The Bertz CT molecular complexity index is 945. The van der Waals surface area contributed by atoms with E-state index in [-0.39, 0.29) is 6.04 Å². The Morgan fingerprint density at radius 1 is 1.07 bits per heavy atom. The van der Waals surface area contributed by atoms with Crippen molar-refractivity contribution in [2.45, 2.75) is 33.2 Å². The molecule has 2 N–H and O–H groups in total. The van der Waals surface area contributed by atoms with Crippen LogP contribution in [0.5, 0.6) is 0 Å². The van der Waals surface area contributed by atoms with Gasteiger partial charge in [0.15, 0.2) is 0 Å². The molecule has 2 aromatic rings. The highest BCUT2D eigenvalue weighted by atomic mass is 16.2. The number of fused-ring (bicyclic) bond motifs is 1. The van der Waals surface area contributed by atoms with Gasteiger partial charge in [0.2, 0.25) is 0 Å². The summed E-state index contributed by atoms with van der Waals surface area (Å²) < 4.78 is 0. The average Bonchev–Trinajstić information content (AvgIpc) is 3.04. The maximum Gasteiger partial charge on any atom is 0.313 e. The van der Waals surface area contributed by atoms with Crippen LogP contribution in [0.3, 0.4) is 0 Å². The number of carbonyl (C=O) groups is 2. The van der Waals surface area contributed by atoms with Crippen LogP contribution in [0.2, 0.25) is 0 Å². The predicted octanol–water partition coefficient (Wildman–Crippen LogP) is 2.96. The zero-order chi connectivity index (χ0) is 22.0. The number of benzene rings is 2. The van der Waals surface area contributed by atoms with Crippen LogP contribution in [0.15, 0.2) is 30.3 Å². The summed E-state index contributed by atoms with van der Waals surface area (Å²) in [4.78, 5) is 29.3. The second-order valence-electron chi connectivity index (χ2n) is 8.48. The van der Waals surface area contributed by atoms with Crippen LogP contribution in [-0.2, 0) is 16.0 Å². The molecule has 1 unspecified atom stereocenters. The fraction of sp³-hybridized carbons (Fsp3) is 0.417. The van der Waals surface area contributed by atoms with Crippen LogP contribution in [0.1, 0.15) is 33.9 Å². The number of nitrogens with zero attached hydrogens (tertiary/aromatic N) is 2. The highest BCUT2D eigenvalue weighted by molar-refractivity contribution is 6.39. The van der Waals surface area contributed by atoms with E-state index in [9.17, 15) is 9.59 Å². The molecule has 0 saturated carbocycles. The zero-order valence-electron chi connectivity index (χ0n) is 18.8. The van der Waals surface area contributed by atoms with Crippen molar-refractivity contribution in [2.24, 2.45) is 0 Å². The van der Waals surface area contributed by atoms with Crippen molar-refractivity contribution in [1.29, 1.82) is 0 Å². The quantitative estimate of drug-likeness (QED) is 0.747. The van der Waals surface area contributed by atoms with E-state index in [2.05, 4.69) is 45.7 Å². The molecule has 1 heterocycles. The molecule has 160 valence electrons. The van der Waals surface area contributed by atoms with E-state index in [1.54, 1.807) is 0 Å². The standard InChI is InChI=1S/C24H32N4O2/c1-15-11-16(2)22(17(3)12-15)26-24(30)23(29)25-14-21(27(4)5)18-7-8-20-19(13-18)9-10-28(20)6/h7-8,11-13,21H,9-10,14H2,1-6H3,(H,25,29)(H,26,30). The van der Waals surface area contributed by atoms with Gasteiger partial charge in [0.25, 0.3) is 0 Å². The van der Waals surface area contributed by atoms with Crippen LogP contribution in [0, 0.1) is 20.8 Å². The van der Waals surface area contributed by atoms with Crippen LogP contribution in [0.25, 0.3) is 0 Å². The summed E-state index contributed by atoms with van der Waals surface area (Å²) >= 11 is 0. The predicted molar refractivity (Wildman–Crippen MR) is 122 cm³/mol. The maximum atomic E-state index is 12.5. The van der Waals surface area contributed by atoms with E-state index in [0.717, 1.165) is 35.2 Å². The number of aryl methyl sites for hydroxylation is 3. The first-order valence-electron chi connectivity index (χ1n) is 10.3. The van der Waals surface area contributed by atoms with Gasteiger partial charge >= 0.3 is 11.8 Å². The first kappa shape index (κ1) is 21.8. The van der Waals surface area contributed by atoms with Crippen LogP contribution >= 0.6 is 0 Å². The smallest absolute Gasteiger partial charge is 0.313 e. The second-order valence-corrected chi connectivity index (χ2v) is 8.48. The van der Waals surface area contributed by atoms with Crippen molar-refractivity contribution < 1.29 is 9.59 Å². The van der Waals surface area contributed by atoms with Gasteiger partial charge in [-0.05, 0) is 69.6 Å². The average molecular weight is 409 g/mol. The number of rotatable bonds is 5. The highest BCUT2D eigenvalue weighted by Gasteiger charge is 2.22. The van der Waals surface area contributed by atoms with Gasteiger partial charge < -0.3 is 20.4 Å².